The molecule has 146 valence electrons. The molecule has 0 aromatic heterocycles. The number of nitrogens with zero attached hydrogens (tertiary/aromatic N) is 1. The molecule has 0 atom stereocenters. The number of rotatable bonds is 9. The highest BCUT2D eigenvalue weighted by Crippen LogP contribution is 2.29. The van der Waals surface area contributed by atoms with Gasteiger partial charge in [-0.1, -0.05) is 32.0 Å². The van der Waals surface area contributed by atoms with E-state index >= 15 is 0 Å². The fourth-order valence-electron chi connectivity index (χ4n) is 2.51. The minimum Gasteiger partial charge on any atom is -0.495 e. The van der Waals surface area contributed by atoms with Gasteiger partial charge in [-0.05, 0) is 30.3 Å². The summed E-state index contributed by atoms with van der Waals surface area (Å²) in [5, 5.41) is 2.65. The molecule has 0 bridgehead atoms. The van der Waals surface area contributed by atoms with Gasteiger partial charge in [-0.15, -0.1) is 0 Å². The second-order valence-corrected chi connectivity index (χ2v) is 7.54. The molecule has 2 aromatic rings. The predicted molar refractivity (Wildman–Crippen MR) is 104 cm³/mol. The van der Waals surface area contributed by atoms with Crippen molar-refractivity contribution in [1.29, 1.82) is 0 Å². The normalized spacial score (nSPS) is 11.3. The largest absolute Gasteiger partial charge is 0.495 e. The summed E-state index contributed by atoms with van der Waals surface area (Å²) in [7, 11) is -2.20. The van der Waals surface area contributed by atoms with Crippen LogP contribution in [0.15, 0.2) is 53.4 Å². The van der Waals surface area contributed by atoms with Crippen LogP contribution in [0.4, 0.5) is 5.69 Å². The predicted octanol–water partition coefficient (Wildman–Crippen LogP) is 2.74. The second-order valence-electron chi connectivity index (χ2n) is 5.60. The van der Waals surface area contributed by atoms with Gasteiger partial charge in [-0.25, -0.2) is 8.42 Å². The van der Waals surface area contributed by atoms with E-state index in [1.807, 2.05) is 6.07 Å². The van der Waals surface area contributed by atoms with E-state index in [4.69, 9.17) is 9.47 Å². The number of amides is 1. The van der Waals surface area contributed by atoms with Gasteiger partial charge in [0.05, 0.1) is 17.7 Å². The number of methoxy groups -OCH3 is 1. The first kappa shape index (κ1) is 20.7. The number of carbonyl (C=O) groups excluding carboxylic acids is 1. The molecule has 0 saturated heterocycles. The van der Waals surface area contributed by atoms with E-state index in [1.165, 1.54) is 29.6 Å². The number of nitrogens with one attached hydrogen (secondary N) is 1. The number of anilines is 1. The highest BCUT2D eigenvalue weighted by molar-refractivity contribution is 7.89. The van der Waals surface area contributed by atoms with E-state index < -0.39 is 15.9 Å². The Morgan fingerprint density at radius 1 is 1.07 bits per heavy atom. The highest BCUT2D eigenvalue weighted by atomic mass is 32.2. The second kappa shape index (κ2) is 9.38. The fourth-order valence-corrected chi connectivity index (χ4v) is 3.99. The number of para-hydroxylation sites is 1. The van der Waals surface area contributed by atoms with Crippen molar-refractivity contribution in [2.24, 2.45) is 0 Å². The first-order valence-electron chi connectivity index (χ1n) is 8.58. The molecule has 7 nitrogen and oxygen atoms in total. The van der Waals surface area contributed by atoms with Crippen molar-refractivity contribution in [3.63, 3.8) is 0 Å². The summed E-state index contributed by atoms with van der Waals surface area (Å²) in [6, 6.07) is 13.3. The van der Waals surface area contributed by atoms with Crippen LogP contribution in [0, 0.1) is 0 Å². The van der Waals surface area contributed by atoms with Crippen molar-refractivity contribution in [2.75, 3.05) is 32.1 Å². The first-order chi connectivity index (χ1) is 12.9. The summed E-state index contributed by atoms with van der Waals surface area (Å²) in [6.45, 7) is 4.05. The molecule has 8 heteroatoms. The Morgan fingerprint density at radius 3 is 2.33 bits per heavy atom. The van der Waals surface area contributed by atoms with Crippen molar-refractivity contribution < 1.29 is 22.7 Å². The lowest BCUT2D eigenvalue weighted by molar-refractivity contribution is -0.118. The number of benzene rings is 2. The van der Waals surface area contributed by atoms with Gasteiger partial charge in [0.1, 0.15) is 11.5 Å². The van der Waals surface area contributed by atoms with E-state index in [2.05, 4.69) is 5.32 Å². The molecule has 0 saturated carbocycles. The van der Waals surface area contributed by atoms with Crippen LogP contribution in [0.1, 0.15) is 13.8 Å². The maximum absolute atomic E-state index is 12.7. The van der Waals surface area contributed by atoms with Gasteiger partial charge in [0, 0.05) is 13.1 Å². The molecule has 0 spiro atoms. The summed E-state index contributed by atoms with van der Waals surface area (Å²) in [4.78, 5) is 12.3. The zero-order valence-corrected chi connectivity index (χ0v) is 16.5. The third-order valence-corrected chi connectivity index (χ3v) is 5.95. The number of sulfonamides is 1. The number of hydrogen-bond acceptors (Lipinski definition) is 5. The van der Waals surface area contributed by atoms with Gasteiger partial charge >= 0.3 is 0 Å². The molecule has 1 N–H and O–H groups in total. The van der Waals surface area contributed by atoms with Crippen molar-refractivity contribution in [3.05, 3.63) is 48.5 Å². The molecule has 0 unspecified atom stereocenters. The molecule has 0 aliphatic rings. The van der Waals surface area contributed by atoms with E-state index in [1.54, 1.807) is 38.1 Å². The summed E-state index contributed by atoms with van der Waals surface area (Å²) in [5.41, 5.74) is 0.271. The van der Waals surface area contributed by atoms with Gasteiger partial charge in [0.25, 0.3) is 5.91 Å². The molecule has 1 amide bonds. The molecule has 2 aromatic carbocycles. The maximum atomic E-state index is 12.7. The molecule has 27 heavy (non-hydrogen) atoms. The van der Waals surface area contributed by atoms with Crippen LogP contribution in [0.3, 0.4) is 0 Å². The van der Waals surface area contributed by atoms with E-state index in [0.717, 1.165) is 0 Å². The Balaban J connectivity index is 2.18. The van der Waals surface area contributed by atoms with Crippen molar-refractivity contribution in [3.8, 4) is 11.5 Å². The number of carbonyl (C=O) groups is 1. The molecule has 0 aliphatic carbocycles. The van der Waals surface area contributed by atoms with E-state index in [-0.39, 0.29) is 17.2 Å². The topological polar surface area (TPSA) is 84.9 Å². The Labute approximate surface area is 160 Å². The summed E-state index contributed by atoms with van der Waals surface area (Å²) >= 11 is 0. The van der Waals surface area contributed by atoms with Crippen LogP contribution < -0.4 is 14.8 Å². The monoisotopic (exact) mass is 392 g/mol. The van der Waals surface area contributed by atoms with Gasteiger partial charge in [0.2, 0.25) is 10.0 Å². The highest BCUT2D eigenvalue weighted by Gasteiger charge is 2.23. The van der Waals surface area contributed by atoms with E-state index in [0.29, 0.717) is 24.6 Å². The number of hydrogen-bond donors (Lipinski definition) is 1. The van der Waals surface area contributed by atoms with Crippen LogP contribution in [-0.4, -0.2) is 45.4 Å². The van der Waals surface area contributed by atoms with Gasteiger partial charge < -0.3 is 14.8 Å². The molecular weight excluding hydrogens is 368 g/mol. The Kier molecular flexibility index (Phi) is 7.20. The summed E-state index contributed by atoms with van der Waals surface area (Å²) in [6.07, 6.45) is 0. The molecule has 2 rings (SSSR count). The zero-order chi connectivity index (χ0) is 19.9. The third kappa shape index (κ3) is 5.21. The average molecular weight is 392 g/mol. The third-order valence-electron chi connectivity index (χ3n) is 3.90. The minimum absolute atomic E-state index is 0.0891. The van der Waals surface area contributed by atoms with Crippen molar-refractivity contribution >= 4 is 21.6 Å². The van der Waals surface area contributed by atoms with Crippen LogP contribution in [0.25, 0.3) is 0 Å². The van der Waals surface area contributed by atoms with E-state index in [9.17, 15) is 13.2 Å². The molecule has 0 fully saturated rings. The Hall–Kier alpha value is -2.58. The first-order valence-corrected chi connectivity index (χ1v) is 10.0. The minimum atomic E-state index is -3.64. The lowest BCUT2D eigenvalue weighted by Crippen LogP contribution is -2.30. The summed E-state index contributed by atoms with van der Waals surface area (Å²) in [5.74, 6) is 0.508. The van der Waals surface area contributed by atoms with Crippen LogP contribution in [-0.2, 0) is 14.8 Å². The molecule has 0 radical (unpaired) electrons. The molecule has 0 heterocycles. The SMILES string of the molecule is CCN(CC)S(=O)(=O)c1ccc(OC)c(NC(=O)COc2ccccc2)c1. The lowest BCUT2D eigenvalue weighted by atomic mass is 10.3. The zero-order valence-electron chi connectivity index (χ0n) is 15.6. The molecule has 0 aliphatic heterocycles. The van der Waals surface area contributed by atoms with Crippen LogP contribution >= 0.6 is 0 Å². The van der Waals surface area contributed by atoms with Gasteiger partial charge in [-0.2, -0.15) is 4.31 Å². The molecular formula is C19H24N2O5S. The fraction of sp³-hybridized carbons (Fsp3) is 0.316. The van der Waals surface area contributed by atoms with Gasteiger partial charge in [0.15, 0.2) is 6.61 Å². The van der Waals surface area contributed by atoms with Crippen LogP contribution in [0.5, 0.6) is 11.5 Å². The lowest BCUT2D eigenvalue weighted by Gasteiger charge is -2.19. The Morgan fingerprint density at radius 2 is 1.74 bits per heavy atom. The maximum Gasteiger partial charge on any atom is 0.262 e. The van der Waals surface area contributed by atoms with Crippen molar-refractivity contribution in [1.82, 2.24) is 4.31 Å². The Bertz CT molecular complexity index is 865. The average Bonchev–Trinajstić information content (AvgIpc) is 2.68. The number of ether oxygens (including phenoxy) is 2. The standard InChI is InChI=1S/C19H24N2O5S/c1-4-21(5-2)27(23,24)16-11-12-18(25-3)17(13-16)20-19(22)14-26-15-9-7-6-8-10-15/h6-13H,4-5,14H2,1-3H3,(H,20,22). The van der Waals surface area contributed by atoms with Crippen LogP contribution in [0.2, 0.25) is 0 Å². The summed E-state index contributed by atoms with van der Waals surface area (Å²) < 4.78 is 37.4. The quantitative estimate of drug-likeness (QED) is 0.709. The van der Waals surface area contributed by atoms with Crippen molar-refractivity contribution in [2.45, 2.75) is 18.7 Å². The smallest absolute Gasteiger partial charge is 0.262 e. The van der Waals surface area contributed by atoms with Gasteiger partial charge in [-0.3, -0.25) is 4.79 Å².